The van der Waals surface area contributed by atoms with Gasteiger partial charge in [0.05, 0.1) is 5.75 Å². The zero-order valence-electron chi connectivity index (χ0n) is 7.69. The number of hydrogen-bond donors (Lipinski definition) is 0. The van der Waals surface area contributed by atoms with Gasteiger partial charge in [-0.2, -0.15) is 0 Å². The van der Waals surface area contributed by atoms with Crippen LogP contribution < -0.4 is 0 Å². The highest BCUT2D eigenvalue weighted by Gasteiger charge is 2.13. The molecule has 0 N–H and O–H groups in total. The molecule has 0 aliphatic heterocycles. The molecule has 0 aromatic heterocycles. The Balaban J connectivity index is 2.82. The van der Waals surface area contributed by atoms with Crippen LogP contribution >= 0.6 is 0 Å². The fourth-order valence-corrected chi connectivity index (χ4v) is 1.68. The van der Waals surface area contributed by atoms with Gasteiger partial charge in [0.1, 0.15) is 0 Å². The minimum Gasteiger partial charge on any atom is -0.212 e. The molecule has 0 heterocycles. The molecule has 1 aromatic carbocycles. The van der Waals surface area contributed by atoms with Gasteiger partial charge in [-0.15, -0.1) is 0 Å². The zero-order valence-corrected chi connectivity index (χ0v) is 8.50. The average Bonchev–Trinajstić information content (AvgIpc) is 2.05. The molecular weight excluding hydrogens is 186 g/mol. The van der Waals surface area contributed by atoms with E-state index >= 15 is 0 Å². The number of benzene rings is 1. The van der Waals surface area contributed by atoms with Gasteiger partial charge in [0.2, 0.25) is 10.0 Å². The van der Waals surface area contributed by atoms with Crippen LogP contribution in [0, 0.1) is 6.07 Å². The highest BCUT2D eigenvalue weighted by Crippen LogP contribution is 2.06. The van der Waals surface area contributed by atoms with Crippen LogP contribution in [-0.4, -0.2) is 26.8 Å². The minimum atomic E-state index is -3.15. The lowest BCUT2D eigenvalue weighted by molar-refractivity contribution is 0.519. The van der Waals surface area contributed by atoms with Crippen molar-refractivity contribution in [3.8, 4) is 0 Å². The molecule has 0 aliphatic carbocycles. The van der Waals surface area contributed by atoms with Crippen molar-refractivity contribution in [3.63, 3.8) is 0 Å². The second kappa shape index (κ2) is 3.89. The molecule has 0 unspecified atom stereocenters. The van der Waals surface area contributed by atoms with Crippen LogP contribution in [0.2, 0.25) is 0 Å². The Labute approximate surface area is 79.0 Å². The van der Waals surface area contributed by atoms with Gasteiger partial charge in [-0.1, -0.05) is 24.3 Å². The Morgan fingerprint density at radius 3 is 2.54 bits per heavy atom. The molecule has 0 bridgehead atoms. The third-order valence-corrected chi connectivity index (χ3v) is 3.46. The van der Waals surface area contributed by atoms with Crippen LogP contribution in [0.5, 0.6) is 0 Å². The summed E-state index contributed by atoms with van der Waals surface area (Å²) < 4.78 is 24.0. The molecule has 71 valence electrons. The van der Waals surface area contributed by atoms with Crippen LogP contribution in [0.4, 0.5) is 0 Å². The first-order valence-electron chi connectivity index (χ1n) is 3.88. The predicted octanol–water partition coefficient (Wildman–Crippen LogP) is 0.878. The van der Waals surface area contributed by atoms with Crippen molar-refractivity contribution in [2.45, 2.75) is 5.75 Å². The molecule has 1 aromatic rings. The van der Waals surface area contributed by atoms with Gasteiger partial charge in [0.15, 0.2) is 0 Å². The zero-order chi connectivity index (χ0) is 9.90. The second-order valence-corrected chi connectivity index (χ2v) is 5.11. The normalized spacial score (nSPS) is 11.9. The smallest absolute Gasteiger partial charge is 0.212 e. The Bertz CT molecular complexity index is 356. The number of rotatable bonds is 3. The van der Waals surface area contributed by atoms with E-state index in [0.29, 0.717) is 5.56 Å². The molecule has 3 nitrogen and oxygen atoms in total. The van der Waals surface area contributed by atoms with Gasteiger partial charge < -0.3 is 0 Å². The van der Waals surface area contributed by atoms with E-state index in [1.165, 1.54) is 18.4 Å². The maximum Gasteiger partial charge on any atom is 0.217 e. The predicted molar refractivity (Wildman–Crippen MR) is 51.6 cm³/mol. The summed E-state index contributed by atoms with van der Waals surface area (Å²) in [4.78, 5) is 0. The lowest BCUT2D eigenvalue weighted by Crippen LogP contribution is -2.23. The van der Waals surface area contributed by atoms with Crippen molar-refractivity contribution in [2.75, 3.05) is 14.1 Å². The van der Waals surface area contributed by atoms with Crippen LogP contribution in [0.1, 0.15) is 5.56 Å². The molecule has 0 atom stereocenters. The van der Waals surface area contributed by atoms with Crippen molar-refractivity contribution >= 4 is 10.0 Å². The van der Waals surface area contributed by atoms with Crippen molar-refractivity contribution in [2.24, 2.45) is 0 Å². The standard InChI is InChI=1S/C9H12NO2S/c1-10(2)13(11,12)8-9-6-4-3-5-7-9/h3-6H,8H2,1-2H3. The Hall–Kier alpha value is -0.870. The largest absolute Gasteiger partial charge is 0.217 e. The fraction of sp³-hybridized carbons (Fsp3) is 0.333. The van der Waals surface area contributed by atoms with E-state index in [0.717, 1.165) is 0 Å². The summed E-state index contributed by atoms with van der Waals surface area (Å²) in [5.41, 5.74) is 0.691. The molecular formula is C9H12NO2S. The van der Waals surface area contributed by atoms with E-state index in [1.807, 2.05) is 6.07 Å². The maximum absolute atomic E-state index is 11.4. The summed E-state index contributed by atoms with van der Waals surface area (Å²) in [7, 11) is -0.0970. The maximum atomic E-state index is 11.4. The molecule has 0 aliphatic rings. The summed E-state index contributed by atoms with van der Waals surface area (Å²) in [5, 5.41) is 0. The third kappa shape index (κ3) is 2.82. The molecule has 0 spiro atoms. The van der Waals surface area contributed by atoms with Crippen LogP contribution in [-0.2, 0) is 15.8 Å². The summed E-state index contributed by atoms with van der Waals surface area (Å²) in [6.07, 6.45) is 0. The van der Waals surface area contributed by atoms with E-state index in [-0.39, 0.29) is 5.75 Å². The highest BCUT2D eigenvalue weighted by atomic mass is 32.2. The monoisotopic (exact) mass is 198 g/mol. The highest BCUT2D eigenvalue weighted by molar-refractivity contribution is 7.88. The van der Waals surface area contributed by atoms with E-state index in [1.54, 1.807) is 18.2 Å². The van der Waals surface area contributed by atoms with Gasteiger partial charge in [0.25, 0.3) is 0 Å². The van der Waals surface area contributed by atoms with Crippen LogP contribution in [0.25, 0.3) is 0 Å². The van der Waals surface area contributed by atoms with E-state index in [9.17, 15) is 8.42 Å². The molecule has 0 saturated heterocycles. The molecule has 1 rings (SSSR count). The van der Waals surface area contributed by atoms with Gasteiger partial charge >= 0.3 is 0 Å². The summed E-state index contributed by atoms with van der Waals surface area (Å²) >= 11 is 0. The van der Waals surface area contributed by atoms with E-state index in [4.69, 9.17) is 0 Å². The Kier molecular flexibility index (Phi) is 3.06. The number of nitrogens with zero attached hydrogens (tertiary/aromatic N) is 1. The first kappa shape index (κ1) is 10.2. The quantitative estimate of drug-likeness (QED) is 0.723. The van der Waals surface area contributed by atoms with Crippen molar-refractivity contribution in [1.82, 2.24) is 4.31 Å². The lowest BCUT2D eigenvalue weighted by Gasteiger charge is -2.10. The van der Waals surface area contributed by atoms with Crippen molar-refractivity contribution < 1.29 is 8.42 Å². The Morgan fingerprint density at radius 1 is 1.38 bits per heavy atom. The van der Waals surface area contributed by atoms with Crippen molar-refractivity contribution in [1.29, 1.82) is 0 Å². The second-order valence-electron chi connectivity index (χ2n) is 2.93. The summed E-state index contributed by atoms with van der Waals surface area (Å²) in [6, 6.07) is 9.95. The lowest BCUT2D eigenvalue weighted by atomic mass is 10.2. The third-order valence-electron chi connectivity index (χ3n) is 1.67. The molecule has 4 heteroatoms. The van der Waals surface area contributed by atoms with E-state index in [2.05, 4.69) is 6.07 Å². The molecule has 0 fully saturated rings. The molecule has 13 heavy (non-hydrogen) atoms. The van der Waals surface area contributed by atoms with E-state index < -0.39 is 10.0 Å². The first-order valence-corrected chi connectivity index (χ1v) is 5.49. The summed E-state index contributed by atoms with van der Waals surface area (Å²) in [5.74, 6) is 0.0147. The molecule has 0 saturated carbocycles. The van der Waals surface area contributed by atoms with Crippen LogP contribution in [0.15, 0.2) is 24.3 Å². The average molecular weight is 198 g/mol. The summed E-state index contributed by atoms with van der Waals surface area (Å²) in [6.45, 7) is 0. The van der Waals surface area contributed by atoms with Crippen LogP contribution in [0.3, 0.4) is 0 Å². The fourth-order valence-electron chi connectivity index (χ4n) is 0.846. The van der Waals surface area contributed by atoms with Gasteiger partial charge in [0, 0.05) is 14.1 Å². The minimum absolute atomic E-state index is 0.0147. The van der Waals surface area contributed by atoms with Gasteiger partial charge in [-0.3, -0.25) is 0 Å². The number of hydrogen-bond acceptors (Lipinski definition) is 2. The van der Waals surface area contributed by atoms with Crippen molar-refractivity contribution in [3.05, 3.63) is 35.9 Å². The Morgan fingerprint density at radius 2 is 2.08 bits per heavy atom. The SMILES string of the molecule is CN(C)S(=O)(=O)Cc1[c]cccc1. The first-order chi connectivity index (χ1) is 6.02. The molecule has 1 radical (unpaired) electrons. The number of sulfonamides is 1. The van der Waals surface area contributed by atoms with Gasteiger partial charge in [-0.05, 0) is 11.6 Å². The molecule has 0 amide bonds. The topological polar surface area (TPSA) is 37.4 Å². The van der Waals surface area contributed by atoms with Gasteiger partial charge in [-0.25, -0.2) is 12.7 Å².